The minimum Gasteiger partial charge on any atom is -0.493 e. The van der Waals surface area contributed by atoms with Crippen LogP contribution in [-0.2, 0) is 9.59 Å². The third kappa shape index (κ3) is 3.47. The number of carbonyl (C=O) groups is 2. The largest absolute Gasteiger partial charge is 0.493 e. The van der Waals surface area contributed by atoms with Crippen LogP contribution in [0, 0.1) is 0 Å². The Bertz CT molecular complexity index is 479. The van der Waals surface area contributed by atoms with E-state index in [-0.39, 0.29) is 17.5 Å². The maximum atomic E-state index is 12.0. The molecule has 1 aromatic carbocycles. The van der Waals surface area contributed by atoms with E-state index in [1.54, 1.807) is 0 Å². The Kier molecular flexibility index (Phi) is 5.33. The summed E-state index contributed by atoms with van der Waals surface area (Å²) in [6, 6.07) is 7.62. The summed E-state index contributed by atoms with van der Waals surface area (Å²) in [6.45, 7) is 2.82. The zero-order valence-electron chi connectivity index (χ0n) is 12.1. The van der Waals surface area contributed by atoms with E-state index in [1.807, 2.05) is 24.3 Å². The highest BCUT2D eigenvalue weighted by molar-refractivity contribution is 6.39. The molecule has 0 bridgehead atoms. The minimum absolute atomic E-state index is 0.234. The number of Topliss-reactive ketones (excluding diaryl/α,β-unsaturated/α-hetero) is 2. The van der Waals surface area contributed by atoms with Gasteiger partial charge in [-0.1, -0.05) is 38.0 Å². The number of para-hydroxylation sites is 1. The normalized spacial score (nSPS) is 19.1. The molecule has 1 aliphatic carbocycles. The molecular weight excluding hydrogens is 252 g/mol. The van der Waals surface area contributed by atoms with E-state index in [0.717, 1.165) is 43.4 Å². The van der Waals surface area contributed by atoms with E-state index in [2.05, 4.69) is 6.92 Å². The van der Waals surface area contributed by atoms with Gasteiger partial charge in [0.05, 0.1) is 12.5 Å². The molecule has 0 N–H and O–H groups in total. The van der Waals surface area contributed by atoms with E-state index in [1.165, 1.54) is 0 Å². The van der Waals surface area contributed by atoms with Crippen molar-refractivity contribution < 1.29 is 14.3 Å². The first kappa shape index (κ1) is 14.8. The minimum atomic E-state index is -0.307. The highest BCUT2D eigenvalue weighted by atomic mass is 16.5. The predicted molar refractivity (Wildman–Crippen MR) is 78.1 cm³/mol. The lowest BCUT2D eigenvalue weighted by atomic mass is 9.82. The Morgan fingerprint density at radius 3 is 2.80 bits per heavy atom. The van der Waals surface area contributed by atoms with Gasteiger partial charge in [0.1, 0.15) is 5.75 Å². The summed E-state index contributed by atoms with van der Waals surface area (Å²) in [4.78, 5) is 23.6. The van der Waals surface area contributed by atoms with Gasteiger partial charge in [0.2, 0.25) is 5.78 Å². The molecule has 1 atom stereocenters. The number of carbonyl (C=O) groups excluding carboxylic acids is 2. The summed E-state index contributed by atoms with van der Waals surface area (Å²) in [5, 5.41) is 0. The second-order valence-electron chi connectivity index (χ2n) is 5.33. The standard InChI is InChI=1S/C17H22O3/c1-2-3-6-12-20-16-11-5-4-8-13(16)14-9-7-10-15(18)17(14)19/h4-5,8,11,14H,2-3,6-7,9-10,12H2,1H3. The summed E-state index contributed by atoms with van der Waals surface area (Å²) in [6.07, 6.45) is 5.25. The molecule has 0 aliphatic heterocycles. The summed E-state index contributed by atoms with van der Waals surface area (Å²) >= 11 is 0. The molecule has 1 unspecified atom stereocenters. The first-order chi connectivity index (χ1) is 9.74. The molecule has 1 aliphatic rings. The van der Waals surface area contributed by atoms with Crippen molar-refractivity contribution in [2.24, 2.45) is 0 Å². The van der Waals surface area contributed by atoms with Gasteiger partial charge in [0.25, 0.3) is 0 Å². The molecule has 0 aromatic heterocycles. The quantitative estimate of drug-likeness (QED) is 0.587. The second kappa shape index (κ2) is 7.22. The van der Waals surface area contributed by atoms with Crippen LogP contribution in [0.1, 0.15) is 56.9 Å². The van der Waals surface area contributed by atoms with E-state index in [9.17, 15) is 9.59 Å². The Morgan fingerprint density at radius 2 is 2.00 bits per heavy atom. The maximum absolute atomic E-state index is 12.0. The van der Waals surface area contributed by atoms with E-state index in [4.69, 9.17) is 4.74 Å². The van der Waals surface area contributed by atoms with Crippen LogP contribution in [-0.4, -0.2) is 18.2 Å². The van der Waals surface area contributed by atoms with Gasteiger partial charge in [-0.2, -0.15) is 0 Å². The molecule has 3 nitrogen and oxygen atoms in total. The molecule has 0 saturated heterocycles. The fourth-order valence-corrected chi connectivity index (χ4v) is 2.65. The van der Waals surface area contributed by atoms with Crippen molar-refractivity contribution in [2.45, 2.75) is 51.4 Å². The Labute approximate surface area is 120 Å². The average Bonchev–Trinajstić information content (AvgIpc) is 2.47. The van der Waals surface area contributed by atoms with E-state index < -0.39 is 0 Å². The lowest BCUT2D eigenvalue weighted by Crippen LogP contribution is -2.27. The molecule has 0 spiro atoms. The van der Waals surface area contributed by atoms with Gasteiger partial charge < -0.3 is 4.74 Å². The van der Waals surface area contributed by atoms with Crippen LogP contribution in [0.25, 0.3) is 0 Å². The summed E-state index contributed by atoms with van der Waals surface area (Å²) in [5.74, 6) is -0.0295. The molecule has 0 amide bonds. The van der Waals surface area contributed by atoms with Gasteiger partial charge in [-0.25, -0.2) is 0 Å². The van der Waals surface area contributed by atoms with Crippen molar-refractivity contribution in [2.75, 3.05) is 6.61 Å². The zero-order valence-corrected chi connectivity index (χ0v) is 12.1. The van der Waals surface area contributed by atoms with Crippen LogP contribution in [0.15, 0.2) is 24.3 Å². The molecular formula is C17H22O3. The predicted octanol–water partition coefficient (Wildman–Crippen LogP) is 3.66. The number of ketones is 2. The van der Waals surface area contributed by atoms with Crippen LogP contribution < -0.4 is 4.74 Å². The van der Waals surface area contributed by atoms with Gasteiger partial charge >= 0.3 is 0 Å². The Balaban J connectivity index is 2.10. The number of ether oxygens (including phenoxy) is 1. The van der Waals surface area contributed by atoms with Crippen LogP contribution >= 0.6 is 0 Å². The van der Waals surface area contributed by atoms with Gasteiger partial charge in [0, 0.05) is 12.0 Å². The van der Waals surface area contributed by atoms with Crippen molar-refractivity contribution in [1.29, 1.82) is 0 Å². The molecule has 108 valence electrons. The number of hydrogen-bond acceptors (Lipinski definition) is 3. The Hall–Kier alpha value is -1.64. The van der Waals surface area contributed by atoms with Crippen LogP contribution in [0.5, 0.6) is 5.75 Å². The average molecular weight is 274 g/mol. The first-order valence-corrected chi connectivity index (χ1v) is 7.52. The lowest BCUT2D eigenvalue weighted by Gasteiger charge is -2.22. The topological polar surface area (TPSA) is 43.4 Å². The highest BCUT2D eigenvalue weighted by Crippen LogP contribution is 2.34. The molecule has 1 fully saturated rings. The molecule has 20 heavy (non-hydrogen) atoms. The molecule has 2 rings (SSSR count). The molecule has 0 heterocycles. The smallest absolute Gasteiger partial charge is 0.205 e. The molecule has 0 radical (unpaired) electrons. The van der Waals surface area contributed by atoms with Crippen LogP contribution in [0.2, 0.25) is 0 Å². The van der Waals surface area contributed by atoms with Gasteiger partial charge in [-0.3, -0.25) is 9.59 Å². The van der Waals surface area contributed by atoms with Gasteiger partial charge in [-0.15, -0.1) is 0 Å². The SMILES string of the molecule is CCCCCOc1ccccc1C1CCCC(=O)C1=O. The number of hydrogen-bond donors (Lipinski definition) is 0. The van der Waals surface area contributed by atoms with Gasteiger partial charge in [0.15, 0.2) is 5.78 Å². The van der Waals surface area contributed by atoms with Crippen molar-refractivity contribution in [3.63, 3.8) is 0 Å². The molecule has 1 aromatic rings. The second-order valence-corrected chi connectivity index (χ2v) is 5.33. The van der Waals surface area contributed by atoms with Crippen molar-refractivity contribution in [3.8, 4) is 5.75 Å². The highest BCUT2D eigenvalue weighted by Gasteiger charge is 2.32. The van der Waals surface area contributed by atoms with Gasteiger partial charge in [-0.05, 0) is 25.3 Å². The Morgan fingerprint density at radius 1 is 1.20 bits per heavy atom. The fourth-order valence-electron chi connectivity index (χ4n) is 2.65. The summed E-state index contributed by atoms with van der Waals surface area (Å²) in [5.41, 5.74) is 0.877. The van der Waals surface area contributed by atoms with Crippen molar-refractivity contribution >= 4 is 11.6 Å². The first-order valence-electron chi connectivity index (χ1n) is 7.52. The molecule has 3 heteroatoms. The number of unbranched alkanes of at least 4 members (excludes halogenated alkanes) is 2. The molecule has 1 saturated carbocycles. The van der Waals surface area contributed by atoms with E-state index in [0.29, 0.717) is 13.0 Å². The summed E-state index contributed by atoms with van der Waals surface area (Å²) < 4.78 is 5.81. The van der Waals surface area contributed by atoms with E-state index >= 15 is 0 Å². The third-order valence-corrected chi connectivity index (χ3v) is 3.79. The van der Waals surface area contributed by atoms with Crippen molar-refractivity contribution in [1.82, 2.24) is 0 Å². The van der Waals surface area contributed by atoms with Crippen LogP contribution in [0.4, 0.5) is 0 Å². The van der Waals surface area contributed by atoms with Crippen LogP contribution in [0.3, 0.4) is 0 Å². The van der Waals surface area contributed by atoms with Crippen molar-refractivity contribution in [3.05, 3.63) is 29.8 Å². The lowest BCUT2D eigenvalue weighted by molar-refractivity contribution is -0.139. The monoisotopic (exact) mass is 274 g/mol. The third-order valence-electron chi connectivity index (χ3n) is 3.79. The fraction of sp³-hybridized carbons (Fsp3) is 0.529. The summed E-state index contributed by atoms with van der Waals surface area (Å²) in [7, 11) is 0. The zero-order chi connectivity index (χ0) is 14.4. The number of benzene rings is 1. The maximum Gasteiger partial charge on any atom is 0.205 e. The number of rotatable bonds is 6.